The number of hydrogen-bond acceptors (Lipinski definition) is 3. The molecule has 1 aliphatic heterocycles. The highest BCUT2D eigenvalue weighted by Gasteiger charge is 2.16. The van der Waals surface area contributed by atoms with Gasteiger partial charge < -0.3 is 10.5 Å². The van der Waals surface area contributed by atoms with Gasteiger partial charge in [-0.15, -0.1) is 11.8 Å². The van der Waals surface area contributed by atoms with Crippen LogP contribution in [0.15, 0.2) is 27.6 Å². The predicted octanol–water partition coefficient (Wildman–Crippen LogP) is 4.00. The van der Waals surface area contributed by atoms with Gasteiger partial charge in [0.05, 0.1) is 6.10 Å². The van der Waals surface area contributed by atoms with E-state index in [0.717, 1.165) is 25.2 Å². The van der Waals surface area contributed by atoms with Gasteiger partial charge in [-0.05, 0) is 59.3 Å². The minimum absolute atomic E-state index is 0.261. The Balaban J connectivity index is 1.90. The maximum Gasteiger partial charge on any atom is 0.0669 e. The molecule has 4 heteroatoms. The van der Waals surface area contributed by atoms with E-state index in [4.69, 9.17) is 10.5 Å². The summed E-state index contributed by atoms with van der Waals surface area (Å²) in [4.78, 5) is 1.30. The van der Waals surface area contributed by atoms with Gasteiger partial charge in [0.25, 0.3) is 0 Å². The summed E-state index contributed by atoms with van der Waals surface area (Å²) in [6, 6.07) is 6.85. The Morgan fingerprint density at radius 1 is 1.53 bits per heavy atom. The van der Waals surface area contributed by atoms with Crippen molar-refractivity contribution in [2.75, 3.05) is 12.4 Å². The van der Waals surface area contributed by atoms with Crippen LogP contribution in [-0.2, 0) is 11.2 Å². The van der Waals surface area contributed by atoms with Crippen molar-refractivity contribution >= 4 is 27.7 Å². The molecule has 1 aliphatic rings. The van der Waals surface area contributed by atoms with E-state index in [0.29, 0.717) is 6.10 Å². The van der Waals surface area contributed by atoms with Crippen molar-refractivity contribution in [3.63, 3.8) is 0 Å². The van der Waals surface area contributed by atoms with E-state index >= 15 is 0 Å². The van der Waals surface area contributed by atoms with Crippen LogP contribution in [0, 0.1) is 0 Å². The molecular formula is C15H22BrNOS. The number of thioether (sulfide) groups is 1. The summed E-state index contributed by atoms with van der Waals surface area (Å²) < 4.78 is 6.83. The number of hydrogen-bond donors (Lipinski definition) is 1. The van der Waals surface area contributed by atoms with E-state index in [-0.39, 0.29) is 6.04 Å². The van der Waals surface area contributed by atoms with Gasteiger partial charge in [0.2, 0.25) is 0 Å². The summed E-state index contributed by atoms with van der Waals surface area (Å²) in [7, 11) is 0. The lowest BCUT2D eigenvalue weighted by Gasteiger charge is -2.12. The molecule has 0 radical (unpaired) electrons. The summed E-state index contributed by atoms with van der Waals surface area (Å²) in [5.74, 6) is 1.05. The molecule has 19 heavy (non-hydrogen) atoms. The van der Waals surface area contributed by atoms with E-state index in [2.05, 4.69) is 41.1 Å². The average molecular weight is 344 g/mol. The Hall–Kier alpha value is -0.0300. The number of ether oxygens (including phenoxy) is 1. The van der Waals surface area contributed by atoms with Gasteiger partial charge in [0.1, 0.15) is 0 Å². The van der Waals surface area contributed by atoms with Gasteiger partial charge in [-0.3, -0.25) is 0 Å². The minimum Gasteiger partial charge on any atom is -0.377 e. The normalized spacial score (nSPS) is 20.7. The molecule has 1 heterocycles. The lowest BCUT2D eigenvalue weighted by atomic mass is 10.1. The fourth-order valence-corrected chi connectivity index (χ4v) is 3.95. The molecule has 2 atom stereocenters. The highest BCUT2D eigenvalue weighted by molar-refractivity contribution is 9.10. The molecule has 0 saturated carbocycles. The molecule has 2 rings (SSSR count). The van der Waals surface area contributed by atoms with Crippen molar-refractivity contribution in [1.82, 2.24) is 0 Å². The highest BCUT2D eigenvalue weighted by Crippen LogP contribution is 2.31. The molecule has 0 spiro atoms. The SMILES string of the molecule is CCC(N)Cc1ccc(SCC2CCCO2)c(Br)c1. The maximum absolute atomic E-state index is 6.00. The monoisotopic (exact) mass is 343 g/mol. The van der Waals surface area contributed by atoms with Crippen LogP contribution >= 0.6 is 27.7 Å². The Bertz CT molecular complexity index is 407. The van der Waals surface area contributed by atoms with Crippen molar-refractivity contribution in [2.24, 2.45) is 5.73 Å². The molecule has 1 fully saturated rings. The van der Waals surface area contributed by atoms with Crippen LogP contribution in [0.4, 0.5) is 0 Å². The second-order valence-electron chi connectivity index (χ2n) is 5.08. The fraction of sp³-hybridized carbons (Fsp3) is 0.600. The maximum atomic E-state index is 6.00. The van der Waals surface area contributed by atoms with Crippen molar-refractivity contribution in [3.05, 3.63) is 28.2 Å². The summed E-state index contributed by atoms with van der Waals surface area (Å²) in [6.45, 7) is 3.06. The second kappa shape index (κ2) is 7.67. The van der Waals surface area contributed by atoms with E-state index in [1.54, 1.807) is 0 Å². The summed E-state index contributed by atoms with van der Waals surface area (Å²) in [6.07, 6.45) is 4.82. The fourth-order valence-electron chi connectivity index (χ4n) is 2.19. The molecule has 1 saturated heterocycles. The zero-order chi connectivity index (χ0) is 13.7. The number of halogens is 1. The quantitative estimate of drug-likeness (QED) is 0.793. The third-order valence-electron chi connectivity index (χ3n) is 3.47. The van der Waals surface area contributed by atoms with Gasteiger partial charge >= 0.3 is 0 Å². The average Bonchev–Trinajstić information content (AvgIpc) is 2.91. The zero-order valence-corrected chi connectivity index (χ0v) is 13.8. The first-order chi connectivity index (χ1) is 9.19. The second-order valence-corrected chi connectivity index (χ2v) is 7.00. The molecule has 2 nitrogen and oxygen atoms in total. The van der Waals surface area contributed by atoms with Crippen molar-refractivity contribution in [1.29, 1.82) is 0 Å². The molecule has 0 aromatic heterocycles. The van der Waals surface area contributed by atoms with E-state index in [1.165, 1.54) is 27.8 Å². The van der Waals surface area contributed by atoms with Crippen LogP contribution in [0.1, 0.15) is 31.7 Å². The summed E-state index contributed by atoms with van der Waals surface area (Å²) >= 11 is 5.54. The number of rotatable bonds is 6. The standard InChI is InChI=1S/C15H22BrNOS/c1-2-12(17)8-11-5-6-15(14(16)9-11)19-10-13-4-3-7-18-13/h5-6,9,12-13H,2-4,7-8,10,17H2,1H3. The molecule has 2 N–H and O–H groups in total. The molecule has 1 aromatic carbocycles. The van der Waals surface area contributed by atoms with E-state index < -0.39 is 0 Å². The van der Waals surface area contributed by atoms with Crippen LogP contribution in [-0.4, -0.2) is 24.5 Å². The molecule has 0 bridgehead atoms. The summed E-state index contributed by atoms with van der Waals surface area (Å²) in [5, 5.41) is 0. The Morgan fingerprint density at radius 3 is 3.00 bits per heavy atom. The molecule has 2 unspecified atom stereocenters. The van der Waals surface area contributed by atoms with Crippen molar-refractivity contribution in [3.8, 4) is 0 Å². The van der Waals surface area contributed by atoms with Crippen LogP contribution in [0.2, 0.25) is 0 Å². The van der Waals surface area contributed by atoms with Gasteiger partial charge in [0.15, 0.2) is 0 Å². The predicted molar refractivity (Wildman–Crippen MR) is 85.8 cm³/mol. The van der Waals surface area contributed by atoms with Gasteiger partial charge in [-0.1, -0.05) is 13.0 Å². The lowest BCUT2D eigenvalue weighted by Crippen LogP contribution is -2.21. The Labute approximate surface area is 128 Å². The van der Waals surface area contributed by atoms with Crippen molar-refractivity contribution < 1.29 is 4.74 Å². The van der Waals surface area contributed by atoms with Crippen LogP contribution in [0.3, 0.4) is 0 Å². The Kier molecular flexibility index (Phi) is 6.20. The largest absolute Gasteiger partial charge is 0.377 e. The van der Waals surface area contributed by atoms with Gasteiger partial charge in [-0.2, -0.15) is 0 Å². The highest BCUT2D eigenvalue weighted by atomic mass is 79.9. The zero-order valence-electron chi connectivity index (χ0n) is 11.4. The Morgan fingerprint density at radius 2 is 2.37 bits per heavy atom. The first-order valence-corrected chi connectivity index (χ1v) is 8.75. The van der Waals surface area contributed by atoms with Crippen LogP contribution in [0.25, 0.3) is 0 Å². The third-order valence-corrected chi connectivity index (χ3v) is 5.59. The smallest absolute Gasteiger partial charge is 0.0669 e. The topological polar surface area (TPSA) is 35.2 Å². The summed E-state index contributed by atoms with van der Waals surface area (Å²) in [5.41, 5.74) is 7.31. The van der Waals surface area contributed by atoms with Crippen LogP contribution in [0.5, 0.6) is 0 Å². The van der Waals surface area contributed by atoms with E-state index in [1.807, 2.05) is 11.8 Å². The van der Waals surface area contributed by atoms with Gasteiger partial charge in [-0.25, -0.2) is 0 Å². The first-order valence-electron chi connectivity index (χ1n) is 6.97. The van der Waals surface area contributed by atoms with Gasteiger partial charge in [0, 0.05) is 27.8 Å². The van der Waals surface area contributed by atoms with E-state index in [9.17, 15) is 0 Å². The first kappa shape index (κ1) is 15.4. The minimum atomic E-state index is 0.261. The van der Waals surface area contributed by atoms with Crippen molar-refractivity contribution in [2.45, 2.75) is 49.6 Å². The molecule has 0 amide bonds. The molecular weight excluding hydrogens is 322 g/mol. The lowest BCUT2D eigenvalue weighted by molar-refractivity contribution is 0.129. The third kappa shape index (κ3) is 4.78. The number of benzene rings is 1. The molecule has 106 valence electrons. The molecule has 0 aliphatic carbocycles. The number of nitrogens with two attached hydrogens (primary N) is 1. The molecule has 1 aromatic rings. The van der Waals surface area contributed by atoms with Crippen LogP contribution < -0.4 is 5.73 Å².